The van der Waals surface area contributed by atoms with E-state index in [1.165, 1.54) is 11.3 Å². The van der Waals surface area contributed by atoms with Gasteiger partial charge in [-0.2, -0.15) is 0 Å². The summed E-state index contributed by atoms with van der Waals surface area (Å²) in [6.07, 6.45) is 0. The van der Waals surface area contributed by atoms with Gasteiger partial charge in [-0.1, -0.05) is 25.4 Å². The Morgan fingerprint density at radius 1 is 1.41 bits per heavy atom. The van der Waals surface area contributed by atoms with Crippen molar-refractivity contribution in [2.75, 3.05) is 13.1 Å². The molecule has 3 atom stereocenters. The van der Waals surface area contributed by atoms with Crippen LogP contribution in [0.25, 0.3) is 0 Å². The zero-order valence-corrected chi connectivity index (χ0v) is 12.0. The lowest BCUT2D eigenvalue weighted by Crippen LogP contribution is -2.37. The van der Waals surface area contributed by atoms with Crippen LogP contribution in [0.1, 0.15) is 30.4 Å². The van der Waals surface area contributed by atoms with Gasteiger partial charge in [-0.3, -0.25) is 9.69 Å². The highest BCUT2D eigenvalue weighted by Gasteiger charge is 2.32. The molecule has 1 aliphatic heterocycles. The van der Waals surface area contributed by atoms with E-state index in [0.717, 1.165) is 18.0 Å². The van der Waals surface area contributed by atoms with E-state index >= 15 is 0 Å². The van der Waals surface area contributed by atoms with Gasteiger partial charge in [0.05, 0.1) is 15.3 Å². The molecule has 17 heavy (non-hydrogen) atoms. The standard InChI is InChI=1S/C13H18ClNOS/c1-8-6-15(7-9(8)2)10(3)13(16)11-4-5-12(14)17-11/h4-5,8-10H,6-7H2,1-3H3. The Kier molecular flexibility index (Phi) is 3.91. The number of Topliss-reactive ketones (excluding diaryl/α,β-unsaturated/α-hetero) is 1. The molecule has 0 saturated carbocycles. The van der Waals surface area contributed by atoms with Crippen LogP contribution in [-0.2, 0) is 0 Å². The van der Waals surface area contributed by atoms with E-state index < -0.39 is 0 Å². The largest absolute Gasteiger partial charge is 0.293 e. The van der Waals surface area contributed by atoms with Crippen LogP contribution in [0.15, 0.2) is 12.1 Å². The predicted octanol–water partition coefficient (Wildman–Crippen LogP) is 3.56. The molecule has 0 radical (unpaired) electrons. The van der Waals surface area contributed by atoms with E-state index in [-0.39, 0.29) is 11.8 Å². The van der Waals surface area contributed by atoms with Gasteiger partial charge in [0.1, 0.15) is 0 Å². The fourth-order valence-corrected chi connectivity index (χ4v) is 3.37. The first-order chi connectivity index (χ1) is 7.99. The number of carbonyl (C=O) groups excluding carboxylic acids is 1. The van der Waals surface area contributed by atoms with Crippen molar-refractivity contribution in [2.45, 2.75) is 26.8 Å². The predicted molar refractivity (Wildman–Crippen MR) is 73.0 cm³/mol. The molecule has 2 nitrogen and oxygen atoms in total. The van der Waals surface area contributed by atoms with Crippen molar-refractivity contribution in [3.8, 4) is 0 Å². The van der Waals surface area contributed by atoms with Crippen molar-refractivity contribution >= 4 is 28.7 Å². The van der Waals surface area contributed by atoms with Gasteiger partial charge in [-0.25, -0.2) is 0 Å². The Morgan fingerprint density at radius 3 is 2.47 bits per heavy atom. The molecule has 0 aliphatic carbocycles. The number of carbonyl (C=O) groups is 1. The fourth-order valence-electron chi connectivity index (χ4n) is 2.31. The van der Waals surface area contributed by atoms with E-state index in [0.29, 0.717) is 16.2 Å². The first kappa shape index (κ1) is 13.1. The van der Waals surface area contributed by atoms with Gasteiger partial charge in [0.2, 0.25) is 0 Å². The highest BCUT2D eigenvalue weighted by Crippen LogP contribution is 2.27. The molecule has 4 heteroatoms. The number of ketones is 1. The van der Waals surface area contributed by atoms with Crippen molar-refractivity contribution in [3.63, 3.8) is 0 Å². The summed E-state index contributed by atoms with van der Waals surface area (Å²) in [6, 6.07) is 3.59. The molecule has 1 saturated heterocycles. The molecule has 0 spiro atoms. The number of nitrogens with zero attached hydrogens (tertiary/aromatic N) is 1. The van der Waals surface area contributed by atoms with Crippen molar-refractivity contribution < 1.29 is 4.79 Å². The number of hydrogen-bond donors (Lipinski definition) is 0. The quantitative estimate of drug-likeness (QED) is 0.784. The minimum atomic E-state index is -0.0304. The molecule has 1 aromatic rings. The van der Waals surface area contributed by atoms with Gasteiger partial charge in [-0.05, 0) is 30.9 Å². The van der Waals surface area contributed by atoms with Crippen molar-refractivity contribution in [3.05, 3.63) is 21.3 Å². The lowest BCUT2D eigenvalue weighted by atomic mass is 10.0. The zero-order valence-electron chi connectivity index (χ0n) is 10.4. The van der Waals surface area contributed by atoms with E-state index in [1.54, 1.807) is 6.07 Å². The highest BCUT2D eigenvalue weighted by atomic mass is 35.5. The number of thiophene rings is 1. The van der Waals surface area contributed by atoms with E-state index in [2.05, 4.69) is 18.7 Å². The van der Waals surface area contributed by atoms with Crippen LogP contribution in [0.5, 0.6) is 0 Å². The number of likely N-dealkylation sites (tertiary alicyclic amines) is 1. The second-order valence-corrected chi connectivity index (χ2v) is 6.77. The van der Waals surface area contributed by atoms with Crippen LogP contribution in [0.3, 0.4) is 0 Å². The topological polar surface area (TPSA) is 20.3 Å². The van der Waals surface area contributed by atoms with Gasteiger partial charge in [0, 0.05) is 13.1 Å². The Balaban J connectivity index is 2.05. The van der Waals surface area contributed by atoms with Gasteiger partial charge >= 0.3 is 0 Å². The van der Waals surface area contributed by atoms with Gasteiger partial charge < -0.3 is 0 Å². The van der Waals surface area contributed by atoms with Crippen LogP contribution in [0.2, 0.25) is 4.34 Å². The average molecular weight is 272 g/mol. The molecule has 1 fully saturated rings. The molecule has 1 aliphatic rings. The minimum Gasteiger partial charge on any atom is -0.293 e. The monoisotopic (exact) mass is 271 g/mol. The molecule has 94 valence electrons. The lowest BCUT2D eigenvalue weighted by molar-refractivity contribution is 0.0866. The maximum atomic E-state index is 12.3. The maximum absolute atomic E-state index is 12.3. The minimum absolute atomic E-state index is 0.0304. The molecule has 2 heterocycles. The van der Waals surface area contributed by atoms with Crippen molar-refractivity contribution in [1.29, 1.82) is 0 Å². The first-order valence-electron chi connectivity index (χ1n) is 6.02. The number of halogens is 1. The van der Waals surface area contributed by atoms with E-state index in [9.17, 15) is 4.79 Å². The normalized spacial score (nSPS) is 27.3. The Labute approximate surface area is 112 Å². The average Bonchev–Trinajstić information content (AvgIpc) is 2.85. The van der Waals surface area contributed by atoms with Crippen molar-refractivity contribution in [2.24, 2.45) is 11.8 Å². The van der Waals surface area contributed by atoms with Gasteiger partial charge in [-0.15, -0.1) is 11.3 Å². The second kappa shape index (κ2) is 5.09. The van der Waals surface area contributed by atoms with E-state index in [4.69, 9.17) is 11.6 Å². The summed E-state index contributed by atoms with van der Waals surface area (Å²) in [7, 11) is 0. The first-order valence-corrected chi connectivity index (χ1v) is 7.22. The summed E-state index contributed by atoms with van der Waals surface area (Å²) in [6.45, 7) is 8.55. The van der Waals surface area contributed by atoms with Crippen LogP contribution in [0, 0.1) is 11.8 Å². The van der Waals surface area contributed by atoms with E-state index in [1.807, 2.05) is 13.0 Å². The molecule has 0 N–H and O–H groups in total. The maximum Gasteiger partial charge on any atom is 0.189 e. The zero-order chi connectivity index (χ0) is 12.6. The SMILES string of the molecule is CC1CN(C(C)C(=O)c2ccc(Cl)s2)CC1C. The third-order valence-corrected chi connectivity index (χ3v) is 5.01. The Hall–Kier alpha value is -0.380. The molecule has 0 bridgehead atoms. The Bertz CT molecular complexity index is 407. The summed E-state index contributed by atoms with van der Waals surface area (Å²) >= 11 is 7.24. The summed E-state index contributed by atoms with van der Waals surface area (Å²) in [5.74, 6) is 1.55. The van der Waals surface area contributed by atoms with Crippen molar-refractivity contribution in [1.82, 2.24) is 4.90 Å². The van der Waals surface area contributed by atoms with Gasteiger partial charge in [0.25, 0.3) is 0 Å². The lowest BCUT2D eigenvalue weighted by Gasteiger charge is -2.22. The molecule has 3 unspecified atom stereocenters. The van der Waals surface area contributed by atoms with Crippen LogP contribution >= 0.6 is 22.9 Å². The summed E-state index contributed by atoms with van der Waals surface area (Å²) in [4.78, 5) is 15.3. The van der Waals surface area contributed by atoms with Crippen LogP contribution in [0.4, 0.5) is 0 Å². The number of hydrogen-bond acceptors (Lipinski definition) is 3. The molecular weight excluding hydrogens is 254 g/mol. The summed E-state index contributed by atoms with van der Waals surface area (Å²) in [5.41, 5.74) is 0. The fraction of sp³-hybridized carbons (Fsp3) is 0.615. The number of rotatable bonds is 3. The molecule has 0 amide bonds. The Morgan fingerprint density at radius 2 is 2.00 bits per heavy atom. The summed E-state index contributed by atoms with van der Waals surface area (Å²) < 4.78 is 0.684. The second-order valence-electron chi connectivity index (χ2n) is 5.05. The van der Waals surface area contributed by atoms with Crippen LogP contribution in [-0.4, -0.2) is 29.8 Å². The molecule has 1 aromatic heterocycles. The third-order valence-electron chi connectivity index (χ3n) is 3.76. The molecule has 2 rings (SSSR count). The smallest absolute Gasteiger partial charge is 0.189 e. The third kappa shape index (κ3) is 2.72. The molecular formula is C13H18ClNOS. The van der Waals surface area contributed by atoms with Gasteiger partial charge in [0.15, 0.2) is 5.78 Å². The molecule has 0 aromatic carbocycles. The van der Waals surface area contributed by atoms with Crippen LogP contribution < -0.4 is 0 Å². The highest BCUT2D eigenvalue weighted by molar-refractivity contribution is 7.18. The summed E-state index contributed by atoms with van der Waals surface area (Å²) in [5, 5.41) is 0.